The molecule has 0 amide bonds. The Labute approximate surface area is 160 Å². The number of rotatable bonds is 7. The number of nitrogens with one attached hydrogen (secondary N) is 2. The third-order valence-corrected chi connectivity index (χ3v) is 3.99. The van der Waals surface area contributed by atoms with Crippen molar-refractivity contribution in [2.24, 2.45) is 0 Å². The van der Waals surface area contributed by atoms with E-state index in [-0.39, 0.29) is 0 Å². The number of terminal acetylenes is 1. The van der Waals surface area contributed by atoms with Gasteiger partial charge in [0.05, 0.1) is 11.6 Å². The summed E-state index contributed by atoms with van der Waals surface area (Å²) >= 11 is 1.65. The van der Waals surface area contributed by atoms with E-state index in [1.165, 1.54) is 0 Å². The Balaban J connectivity index is 1.86. The van der Waals surface area contributed by atoms with Crippen LogP contribution in [0.15, 0.2) is 66.0 Å². The molecule has 0 fully saturated rings. The van der Waals surface area contributed by atoms with Crippen LogP contribution in [0.25, 0.3) is 0 Å². The zero-order valence-corrected chi connectivity index (χ0v) is 14.8. The number of anilines is 1. The third kappa shape index (κ3) is 7.98. The van der Waals surface area contributed by atoms with Gasteiger partial charge in [0.2, 0.25) is 6.04 Å². The smallest absolute Gasteiger partial charge is 0.307 e. The lowest BCUT2D eigenvalue weighted by atomic mass is 10.3. The SMILES string of the molecule is C#CC#CC#C[n+]1cccc(CSc2ccc(NNOC=C(F)F)cc2)c1. The summed E-state index contributed by atoms with van der Waals surface area (Å²) < 4.78 is 25.3. The predicted octanol–water partition coefficient (Wildman–Crippen LogP) is 3.30. The number of nitrogens with zero attached hydrogens (tertiary/aromatic N) is 1. The maximum Gasteiger partial charge on any atom is 0.307 e. The van der Waals surface area contributed by atoms with E-state index >= 15 is 0 Å². The molecule has 2 N–H and O–H groups in total. The zero-order valence-electron chi connectivity index (χ0n) is 14.0. The average Bonchev–Trinajstić information content (AvgIpc) is 2.68. The second-order valence-corrected chi connectivity index (χ2v) is 5.86. The van der Waals surface area contributed by atoms with Crippen LogP contribution in [0, 0.1) is 36.1 Å². The normalized spacial score (nSPS) is 8.93. The van der Waals surface area contributed by atoms with Gasteiger partial charge in [0.1, 0.15) is 0 Å². The molecule has 0 aliphatic heterocycles. The van der Waals surface area contributed by atoms with E-state index in [1.54, 1.807) is 28.5 Å². The minimum atomic E-state index is -1.93. The molecule has 4 nitrogen and oxygen atoms in total. The Hall–Kier alpha value is -3.44. The lowest BCUT2D eigenvalue weighted by Crippen LogP contribution is -2.27. The van der Waals surface area contributed by atoms with Crippen molar-refractivity contribution in [3.8, 4) is 36.1 Å². The van der Waals surface area contributed by atoms with Crippen LogP contribution in [0.1, 0.15) is 5.56 Å². The van der Waals surface area contributed by atoms with Gasteiger partial charge in [-0.1, -0.05) is 5.59 Å². The fourth-order valence-corrected chi connectivity index (χ4v) is 2.64. The first-order valence-electron chi connectivity index (χ1n) is 7.55. The van der Waals surface area contributed by atoms with Crippen molar-refractivity contribution < 1.29 is 18.2 Å². The van der Waals surface area contributed by atoms with E-state index in [1.807, 2.05) is 36.7 Å². The molecule has 1 aromatic heterocycles. The van der Waals surface area contributed by atoms with Crippen molar-refractivity contribution in [1.82, 2.24) is 5.59 Å². The molecule has 0 saturated heterocycles. The third-order valence-electron chi connectivity index (χ3n) is 2.91. The number of hydrogen-bond donors (Lipinski definition) is 2. The number of thioether (sulfide) groups is 1. The number of aromatic nitrogens is 1. The number of hydrogen-bond acceptors (Lipinski definition) is 4. The first kappa shape index (κ1) is 19.9. The maximum atomic E-state index is 11.8. The first-order chi connectivity index (χ1) is 13.2. The van der Waals surface area contributed by atoms with Crippen LogP contribution < -0.4 is 15.6 Å². The van der Waals surface area contributed by atoms with Gasteiger partial charge in [0, 0.05) is 28.2 Å². The summed E-state index contributed by atoms with van der Waals surface area (Å²) in [6.07, 6.45) is 7.16. The summed E-state index contributed by atoms with van der Waals surface area (Å²) in [5, 5.41) is 0. The van der Waals surface area contributed by atoms with Gasteiger partial charge in [-0.3, -0.25) is 5.43 Å². The minimum Gasteiger partial charge on any atom is -0.391 e. The van der Waals surface area contributed by atoms with E-state index < -0.39 is 6.08 Å². The molecule has 0 bridgehead atoms. The van der Waals surface area contributed by atoms with Crippen LogP contribution in [0.4, 0.5) is 14.5 Å². The minimum absolute atomic E-state index is 0.301. The lowest BCUT2D eigenvalue weighted by molar-refractivity contribution is -0.583. The van der Waals surface area contributed by atoms with Gasteiger partial charge >= 0.3 is 6.08 Å². The van der Waals surface area contributed by atoms with Gasteiger partial charge < -0.3 is 4.84 Å². The largest absolute Gasteiger partial charge is 0.391 e. The van der Waals surface area contributed by atoms with E-state index in [0.29, 0.717) is 11.9 Å². The molecule has 134 valence electrons. The van der Waals surface area contributed by atoms with E-state index in [0.717, 1.165) is 16.2 Å². The lowest BCUT2D eigenvalue weighted by Gasteiger charge is -2.07. The van der Waals surface area contributed by atoms with Gasteiger partial charge in [-0.2, -0.15) is 8.78 Å². The molecule has 0 aliphatic carbocycles. The molecule has 27 heavy (non-hydrogen) atoms. The first-order valence-corrected chi connectivity index (χ1v) is 8.53. The van der Waals surface area contributed by atoms with E-state index in [4.69, 9.17) is 6.42 Å². The summed E-state index contributed by atoms with van der Waals surface area (Å²) in [6, 6.07) is 14.2. The molecule has 0 spiro atoms. The zero-order chi connectivity index (χ0) is 19.3. The summed E-state index contributed by atoms with van der Waals surface area (Å²) in [7, 11) is 0. The second-order valence-electron chi connectivity index (χ2n) is 4.82. The highest BCUT2D eigenvalue weighted by molar-refractivity contribution is 7.98. The average molecular weight is 382 g/mol. The molecule has 2 aromatic rings. The van der Waals surface area contributed by atoms with Crippen LogP contribution in [-0.4, -0.2) is 0 Å². The monoisotopic (exact) mass is 382 g/mol. The quantitative estimate of drug-likeness (QED) is 0.192. The topological polar surface area (TPSA) is 37.2 Å². The Morgan fingerprint density at radius 1 is 1.19 bits per heavy atom. The molecular formula is C20H14F2N3OS+. The number of pyridine rings is 1. The maximum absolute atomic E-state index is 11.8. The van der Waals surface area contributed by atoms with E-state index in [9.17, 15) is 8.78 Å². The predicted molar refractivity (Wildman–Crippen MR) is 101 cm³/mol. The molecule has 0 unspecified atom stereocenters. The highest BCUT2D eigenvalue weighted by atomic mass is 32.2. The molecule has 7 heteroatoms. The van der Waals surface area contributed by atoms with E-state index in [2.05, 4.69) is 45.6 Å². The molecule has 1 heterocycles. The Bertz CT molecular complexity index is 957. The van der Waals surface area contributed by atoms with Gasteiger partial charge in [-0.15, -0.1) is 22.8 Å². The van der Waals surface area contributed by atoms with Crippen molar-refractivity contribution in [2.75, 3.05) is 5.43 Å². The van der Waals surface area contributed by atoms with Crippen molar-refractivity contribution >= 4 is 17.4 Å². The van der Waals surface area contributed by atoms with Gasteiger partial charge in [0.15, 0.2) is 18.7 Å². The highest BCUT2D eigenvalue weighted by Crippen LogP contribution is 2.23. The van der Waals surface area contributed by atoms with Crippen LogP contribution in [0.5, 0.6) is 0 Å². The van der Waals surface area contributed by atoms with Crippen LogP contribution in [0.3, 0.4) is 0 Å². The molecule has 0 atom stereocenters. The van der Waals surface area contributed by atoms with Crippen LogP contribution in [0.2, 0.25) is 0 Å². The van der Waals surface area contributed by atoms with Gasteiger partial charge in [-0.05, 0) is 42.2 Å². The second kappa shape index (κ2) is 11.2. The van der Waals surface area contributed by atoms with Crippen LogP contribution in [-0.2, 0) is 10.6 Å². The Kier molecular flexibility index (Phi) is 8.27. The van der Waals surface area contributed by atoms with Gasteiger partial charge in [0.25, 0.3) is 0 Å². The molecule has 1 aromatic carbocycles. The molecule has 0 aliphatic rings. The number of benzene rings is 1. The fraction of sp³-hybridized carbons (Fsp3) is 0.0500. The molecule has 0 saturated carbocycles. The highest BCUT2D eigenvalue weighted by Gasteiger charge is 2.02. The summed E-state index contributed by atoms with van der Waals surface area (Å²) in [5.74, 6) is 10.6. The summed E-state index contributed by atoms with van der Waals surface area (Å²) in [5.41, 5.74) is 6.60. The Morgan fingerprint density at radius 3 is 2.74 bits per heavy atom. The van der Waals surface area contributed by atoms with Crippen molar-refractivity contribution in [1.29, 1.82) is 0 Å². The van der Waals surface area contributed by atoms with Crippen LogP contribution >= 0.6 is 11.8 Å². The van der Waals surface area contributed by atoms with Gasteiger partial charge in [-0.25, -0.2) is 0 Å². The van der Waals surface area contributed by atoms with Crippen molar-refractivity contribution in [3.63, 3.8) is 0 Å². The Morgan fingerprint density at radius 2 is 2.00 bits per heavy atom. The van der Waals surface area contributed by atoms with Crippen molar-refractivity contribution in [2.45, 2.75) is 10.6 Å². The molecular weight excluding hydrogens is 368 g/mol. The fourth-order valence-electron chi connectivity index (χ4n) is 1.80. The molecule has 2 rings (SSSR count). The summed E-state index contributed by atoms with van der Waals surface area (Å²) in [6.45, 7) is 0. The number of hydrazine groups is 1. The molecule has 0 radical (unpaired) electrons. The standard InChI is InChI=1S/C20H14F2N3OS/c1-2-3-4-5-12-25-13-6-7-17(14-25)16-27-19-10-8-18(9-11-19)23-24-26-15-20(21)22/h1,6-11,13-15,23-24H,16H2/q+1. The van der Waals surface area contributed by atoms with Crippen molar-refractivity contribution in [3.05, 3.63) is 66.7 Å². The summed E-state index contributed by atoms with van der Waals surface area (Å²) in [4.78, 5) is 5.43. The number of halogens is 2.